The predicted octanol–water partition coefficient (Wildman–Crippen LogP) is 3.21. The zero-order valence-electron chi connectivity index (χ0n) is 24.3. The highest BCUT2D eigenvalue weighted by molar-refractivity contribution is 5.79. The Morgan fingerprint density at radius 2 is 1.73 bits per heavy atom. The summed E-state index contributed by atoms with van der Waals surface area (Å²) in [5, 5.41) is 7.60. The summed E-state index contributed by atoms with van der Waals surface area (Å²) in [4.78, 5) is 29.8. The summed E-state index contributed by atoms with van der Waals surface area (Å²) in [6.45, 7) is 6.72. The van der Waals surface area contributed by atoms with Gasteiger partial charge in [-0.2, -0.15) is 5.10 Å². The molecule has 40 heavy (non-hydrogen) atoms. The quantitative estimate of drug-likeness (QED) is 0.462. The van der Waals surface area contributed by atoms with E-state index in [0.717, 1.165) is 70.7 Å². The molecule has 5 N–H and O–H groups in total. The van der Waals surface area contributed by atoms with Gasteiger partial charge in [0.2, 0.25) is 11.8 Å². The summed E-state index contributed by atoms with van der Waals surface area (Å²) < 4.78 is 2.02. The Labute approximate surface area is 239 Å². The molecule has 5 rings (SSSR count). The summed E-state index contributed by atoms with van der Waals surface area (Å²) in [5.41, 5.74) is 13.5. The van der Waals surface area contributed by atoms with Crippen molar-refractivity contribution < 1.29 is 9.59 Å². The van der Waals surface area contributed by atoms with Gasteiger partial charge in [0.1, 0.15) is 12.7 Å². The van der Waals surface area contributed by atoms with Crippen LogP contribution in [0.4, 0.5) is 0 Å². The first-order valence-electron chi connectivity index (χ1n) is 15.3. The van der Waals surface area contributed by atoms with E-state index in [1.807, 2.05) is 11.0 Å². The summed E-state index contributed by atoms with van der Waals surface area (Å²) in [6, 6.07) is 8.10. The average Bonchev–Trinajstić information content (AvgIpc) is 3.51. The topological polar surface area (TPSA) is 132 Å². The van der Waals surface area contributed by atoms with Crippen LogP contribution in [-0.4, -0.2) is 63.7 Å². The minimum atomic E-state index is -0.447. The molecule has 2 amide bonds. The van der Waals surface area contributed by atoms with E-state index in [2.05, 4.69) is 51.5 Å². The van der Waals surface area contributed by atoms with Crippen molar-refractivity contribution in [2.24, 2.45) is 28.7 Å². The van der Waals surface area contributed by atoms with Crippen molar-refractivity contribution in [3.8, 4) is 0 Å². The van der Waals surface area contributed by atoms with Gasteiger partial charge in [0, 0.05) is 26.1 Å². The van der Waals surface area contributed by atoms with Crippen molar-refractivity contribution in [3.63, 3.8) is 0 Å². The van der Waals surface area contributed by atoms with E-state index in [1.54, 1.807) is 6.33 Å². The van der Waals surface area contributed by atoms with Gasteiger partial charge in [0.25, 0.3) is 0 Å². The largest absolute Gasteiger partial charge is 0.368 e. The highest BCUT2D eigenvalue weighted by Gasteiger charge is 2.42. The minimum absolute atomic E-state index is 0.266. The van der Waals surface area contributed by atoms with E-state index in [0.29, 0.717) is 12.3 Å². The van der Waals surface area contributed by atoms with Crippen molar-refractivity contribution >= 4 is 11.8 Å². The fourth-order valence-corrected chi connectivity index (χ4v) is 6.85. The first kappa shape index (κ1) is 30.2. The summed E-state index contributed by atoms with van der Waals surface area (Å²) in [7, 11) is 0. The maximum atomic E-state index is 12.8. The Morgan fingerprint density at radius 1 is 1.05 bits per heavy atom. The summed E-state index contributed by atoms with van der Waals surface area (Å²) >= 11 is 0. The normalized spacial score (nSPS) is 20.8. The number of aromatic nitrogens is 3. The van der Waals surface area contributed by atoms with Crippen LogP contribution in [0.15, 0.2) is 36.9 Å². The van der Waals surface area contributed by atoms with Gasteiger partial charge in [-0.15, -0.1) is 0 Å². The number of aryl methyl sites for hydroxylation is 2. The molecule has 0 bridgehead atoms. The molecule has 2 aliphatic heterocycles. The van der Waals surface area contributed by atoms with Crippen LogP contribution in [0, 0.1) is 24.2 Å². The zero-order valence-corrected chi connectivity index (χ0v) is 24.3. The highest BCUT2D eigenvalue weighted by atomic mass is 16.2. The van der Waals surface area contributed by atoms with E-state index < -0.39 is 6.04 Å². The summed E-state index contributed by atoms with van der Waals surface area (Å²) in [5.74, 6) is 0.972. The number of amides is 2. The van der Waals surface area contributed by atoms with E-state index in [9.17, 15) is 9.59 Å². The maximum Gasteiger partial charge on any atom is 0.234 e. The zero-order chi connectivity index (χ0) is 28.4. The van der Waals surface area contributed by atoms with Crippen molar-refractivity contribution in [2.45, 2.75) is 90.1 Å². The third-order valence-corrected chi connectivity index (χ3v) is 9.49. The fourth-order valence-electron chi connectivity index (χ4n) is 6.85. The Bertz CT molecular complexity index is 1040. The third kappa shape index (κ3) is 8.36. The minimum Gasteiger partial charge on any atom is -0.368 e. The predicted molar refractivity (Wildman–Crippen MR) is 157 cm³/mol. The lowest BCUT2D eigenvalue weighted by Crippen LogP contribution is -2.48. The number of benzene rings is 1. The molecule has 1 atom stereocenters. The van der Waals surface area contributed by atoms with E-state index in [-0.39, 0.29) is 17.2 Å². The van der Waals surface area contributed by atoms with Gasteiger partial charge >= 0.3 is 0 Å². The number of hydrogen-bond acceptors (Lipinski definition) is 6. The van der Waals surface area contributed by atoms with Crippen LogP contribution < -0.4 is 16.8 Å². The Hall–Kier alpha value is -2.78. The lowest BCUT2D eigenvalue weighted by molar-refractivity contribution is -0.134. The first-order chi connectivity index (χ1) is 19.4. The van der Waals surface area contributed by atoms with Crippen molar-refractivity contribution in [1.29, 1.82) is 0 Å². The third-order valence-electron chi connectivity index (χ3n) is 9.49. The molecule has 9 nitrogen and oxygen atoms in total. The summed E-state index contributed by atoms with van der Waals surface area (Å²) in [6.07, 6.45) is 15.8. The molecule has 0 radical (unpaired) electrons. The molecule has 2 saturated heterocycles. The van der Waals surface area contributed by atoms with E-state index in [1.165, 1.54) is 43.2 Å². The van der Waals surface area contributed by atoms with Crippen LogP contribution in [0.5, 0.6) is 0 Å². The molecule has 3 aliphatic rings. The van der Waals surface area contributed by atoms with Crippen LogP contribution in [0.25, 0.3) is 0 Å². The number of hydrogen-bond donors (Lipinski definition) is 3. The Kier molecular flexibility index (Phi) is 11.1. The van der Waals surface area contributed by atoms with E-state index in [4.69, 9.17) is 11.5 Å². The fraction of sp³-hybridized carbons (Fsp3) is 0.677. The monoisotopic (exact) mass is 551 g/mol. The van der Waals surface area contributed by atoms with Gasteiger partial charge in [0.15, 0.2) is 0 Å². The Morgan fingerprint density at radius 3 is 2.33 bits per heavy atom. The number of nitrogens with zero attached hydrogens (tertiary/aromatic N) is 4. The smallest absolute Gasteiger partial charge is 0.234 e. The van der Waals surface area contributed by atoms with E-state index >= 15 is 0 Å². The van der Waals surface area contributed by atoms with Crippen molar-refractivity contribution in [3.05, 3.63) is 48.0 Å². The molecule has 1 aromatic carbocycles. The van der Waals surface area contributed by atoms with Gasteiger partial charge in [-0.1, -0.05) is 49.1 Å². The molecule has 3 heterocycles. The SMILES string of the molecule is Cc1ccc(CCC(=O)N2CCC(Cn3cncn3)(C3CCCCC3)CC2)cc1.NC(=O)[C@H](N)C1CCNCC1. The van der Waals surface area contributed by atoms with Crippen LogP contribution in [0.1, 0.15) is 75.3 Å². The number of nitrogens with one attached hydrogen (secondary N) is 1. The number of likely N-dealkylation sites (tertiary alicyclic amines) is 1. The maximum absolute atomic E-state index is 12.8. The number of rotatable bonds is 8. The van der Waals surface area contributed by atoms with Crippen LogP contribution in [0.3, 0.4) is 0 Å². The van der Waals surface area contributed by atoms with Gasteiger partial charge < -0.3 is 21.7 Å². The molecule has 0 unspecified atom stereocenters. The van der Waals surface area contributed by atoms with Crippen molar-refractivity contribution in [2.75, 3.05) is 26.2 Å². The molecule has 0 spiro atoms. The second-order valence-electron chi connectivity index (χ2n) is 12.2. The number of piperidine rings is 2. The lowest BCUT2D eigenvalue weighted by Gasteiger charge is -2.48. The highest BCUT2D eigenvalue weighted by Crippen LogP contribution is 2.47. The molecule has 220 valence electrons. The molecule has 2 aromatic rings. The molecule has 1 aliphatic carbocycles. The molecular formula is C31H49N7O2. The number of carbonyl (C=O) groups excluding carboxylic acids is 2. The molecule has 3 fully saturated rings. The molecular weight excluding hydrogens is 502 g/mol. The molecule has 1 saturated carbocycles. The molecule has 1 aromatic heterocycles. The standard InChI is InChI=1S/C24H34N4O.C7H15N3O/c1-20-7-9-21(10-8-20)11-12-23(29)27-15-13-24(14-16-27,17-28-19-25-18-26-28)22-5-3-2-4-6-22;8-6(7(9)11)5-1-3-10-4-2-5/h7-10,18-19,22H,2-6,11-17H2,1H3;5-6,10H,1-4,8H2,(H2,9,11)/t;6-/m.1/s1. The van der Waals surface area contributed by atoms with Gasteiger partial charge in [0.05, 0.1) is 6.04 Å². The molecule has 9 heteroatoms. The van der Waals surface area contributed by atoms with Gasteiger partial charge in [-0.25, -0.2) is 4.98 Å². The number of primary amides is 1. The second kappa shape index (κ2) is 14.7. The Balaban J connectivity index is 0.000000283. The number of nitrogens with two attached hydrogens (primary N) is 2. The second-order valence-corrected chi connectivity index (χ2v) is 12.2. The van der Waals surface area contributed by atoms with Gasteiger partial charge in [-0.3, -0.25) is 14.3 Å². The van der Waals surface area contributed by atoms with Crippen molar-refractivity contribution in [1.82, 2.24) is 25.0 Å². The number of carbonyl (C=O) groups is 2. The van der Waals surface area contributed by atoms with Crippen LogP contribution in [-0.2, 0) is 22.6 Å². The average molecular weight is 552 g/mol. The van der Waals surface area contributed by atoms with Gasteiger partial charge in [-0.05, 0) is 87.8 Å². The van der Waals surface area contributed by atoms with Crippen LogP contribution in [0.2, 0.25) is 0 Å². The first-order valence-corrected chi connectivity index (χ1v) is 15.3. The van der Waals surface area contributed by atoms with Crippen LogP contribution >= 0.6 is 0 Å². The lowest BCUT2D eigenvalue weighted by atomic mass is 9.63.